The van der Waals surface area contributed by atoms with E-state index in [1.54, 1.807) is 0 Å². The highest BCUT2D eigenvalue weighted by Crippen LogP contribution is 2.23. The van der Waals surface area contributed by atoms with Gasteiger partial charge in [-0.3, -0.25) is 9.78 Å². The topological polar surface area (TPSA) is 79.3 Å². The molecule has 1 heterocycles. The molecule has 1 unspecified atom stereocenters. The molecule has 6 heteroatoms. The zero-order valence-corrected chi connectivity index (χ0v) is 12.8. The lowest BCUT2D eigenvalue weighted by Gasteiger charge is -2.16. The van der Waals surface area contributed by atoms with E-state index in [9.17, 15) is 9.59 Å². The van der Waals surface area contributed by atoms with Crippen LogP contribution in [0, 0.1) is 0 Å². The van der Waals surface area contributed by atoms with Crippen molar-refractivity contribution in [3.63, 3.8) is 0 Å². The molecule has 0 radical (unpaired) electrons. The van der Waals surface area contributed by atoms with E-state index in [2.05, 4.69) is 26.2 Å². The number of carboxylic acid groups (broad SMARTS) is 1. The molecule has 1 amide bonds. The maximum absolute atomic E-state index is 12.2. The van der Waals surface area contributed by atoms with Crippen molar-refractivity contribution in [2.24, 2.45) is 0 Å². The van der Waals surface area contributed by atoms with Gasteiger partial charge in [-0.1, -0.05) is 34.1 Å². The van der Waals surface area contributed by atoms with Gasteiger partial charge in [-0.2, -0.15) is 0 Å². The average Bonchev–Trinajstić information content (AvgIpc) is 2.47. The Kier molecular flexibility index (Phi) is 4.70. The molecule has 0 spiro atoms. The molecule has 21 heavy (non-hydrogen) atoms. The summed E-state index contributed by atoms with van der Waals surface area (Å²) in [5, 5.41) is 11.8. The molecule has 2 aromatic rings. The first-order valence-electron chi connectivity index (χ1n) is 6.24. The van der Waals surface area contributed by atoms with Crippen molar-refractivity contribution in [1.82, 2.24) is 10.3 Å². The predicted molar refractivity (Wildman–Crippen MR) is 81.2 cm³/mol. The molecule has 0 bridgehead atoms. The monoisotopic (exact) mass is 348 g/mol. The number of carbonyl (C=O) groups excluding carboxylic acids is 1. The van der Waals surface area contributed by atoms with Crippen molar-refractivity contribution >= 4 is 27.8 Å². The fraction of sp³-hybridized carbons (Fsp3) is 0.133. The van der Waals surface area contributed by atoms with Crippen LogP contribution in [0.5, 0.6) is 0 Å². The second kappa shape index (κ2) is 6.49. The number of hydrogen-bond donors (Lipinski definition) is 2. The normalized spacial score (nSPS) is 11.7. The second-order valence-electron chi connectivity index (χ2n) is 4.42. The van der Waals surface area contributed by atoms with E-state index in [1.165, 1.54) is 18.3 Å². The number of carboxylic acids is 1. The summed E-state index contributed by atoms with van der Waals surface area (Å²) in [6, 6.07) is 10.1. The summed E-state index contributed by atoms with van der Waals surface area (Å²) in [6.07, 6.45) is 1.39. The van der Waals surface area contributed by atoms with Crippen molar-refractivity contribution in [3.8, 4) is 0 Å². The number of pyridine rings is 1. The van der Waals surface area contributed by atoms with Gasteiger partial charge in [0.2, 0.25) is 0 Å². The summed E-state index contributed by atoms with van der Waals surface area (Å²) in [6.45, 7) is 1.82. The quantitative estimate of drug-likeness (QED) is 0.889. The number of nitrogens with zero attached hydrogens (tertiary/aromatic N) is 1. The first-order chi connectivity index (χ1) is 10.0. The van der Waals surface area contributed by atoms with Gasteiger partial charge < -0.3 is 10.4 Å². The van der Waals surface area contributed by atoms with Crippen LogP contribution in [0.15, 0.2) is 47.1 Å². The zero-order chi connectivity index (χ0) is 15.4. The minimum Gasteiger partial charge on any atom is -0.478 e. The Morgan fingerprint density at radius 2 is 1.95 bits per heavy atom. The number of benzene rings is 1. The average molecular weight is 349 g/mol. The van der Waals surface area contributed by atoms with Crippen molar-refractivity contribution in [1.29, 1.82) is 0 Å². The van der Waals surface area contributed by atoms with Crippen LogP contribution in [0.3, 0.4) is 0 Å². The van der Waals surface area contributed by atoms with Gasteiger partial charge >= 0.3 is 5.97 Å². The maximum Gasteiger partial charge on any atom is 0.338 e. The number of carbonyl (C=O) groups is 2. The highest BCUT2D eigenvalue weighted by molar-refractivity contribution is 9.10. The minimum atomic E-state index is -1.18. The molecular weight excluding hydrogens is 336 g/mol. The van der Waals surface area contributed by atoms with E-state index in [4.69, 9.17) is 5.11 Å². The Balaban J connectivity index is 2.23. The maximum atomic E-state index is 12.2. The summed E-state index contributed by atoms with van der Waals surface area (Å²) in [5.41, 5.74) is 0.692. The Hall–Kier alpha value is -2.21. The Morgan fingerprint density at radius 1 is 1.24 bits per heavy atom. The molecule has 0 saturated carbocycles. The van der Waals surface area contributed by atoms with Crippen LogP contribution in [0.4, 0.5) is 0 Å². The fourth-order valence-electron chi connectivity index (χ4n) is 1.93. The lowest BCUT2D eigenvalue weighted by molar-refractivity contribution is 0.0689. The molecule has 108 valence electrons. The van der Waals surface area contributed by atoms with E-state index in [0.29, 0.717) is 0 Å². The summed E-state index contributed by atoms with van der Waals surface area (Å²) in [5.74, 6) is -1.70. The molecule has 2 N–H and O–H groups in total. The van der Waals surface area contributed by atoms with Gasteiger partial charge in [0.05, 0.1) is 11.6 Å². The molecule has 0 fully saturated rings. The highest BCUT2D eigenvalue weighted by atomic mass is 79.9. The number of halogens is 1. The van der Waals surface area contributed by atoms with Crippen LogP contribution >= 0.6 is 15.9 Å². The Morgan fingerprint density at radius 3 is 2.62 bits per heavy atom. The number of aromatic nitrogens is 1. The van der Waals surface area contributed by atoms with Gasteiger partial charge in [-0.05, 0) is 30.7 Å². The minimum absolute atomic E-state index is 0.0936. The lowest BCUT2D eigenvalue weighted by Crippen LogP contribution is -2.29. The van der Waals surface area contributed by atoms with Gasteiger partial charge in [0.15, 0.2) is 0 Å². The largest absolute Gasteiger partial charge is 0.478 e. The van der Waals surface area contributed by atoms with Crippen LogP contribution in [0.2, 0.25) is 0 Å². The van der Waals surface area contributed by atoms with E-state index in [-0.39, 0.29) is 17.3 Å². The van der Waals surface area contributed by atoms with Crippen LogP contribution < -0.4 is 5.32 Å². The molecule has 1 aromatic carbocycles. The molecule has 0 saturated heterocycles. The second-order valence-corrected chi connectivity index (χ2v) is 5.28. The van der Waals surface area contributed by atoms with Crippen LogP contribution in [-0.4, -0.2) is 22.0 Å². The smallest absolute Gasteiger partial charge is 0.338 e. The molecule has 2 rings (SSSR count). The summed E-state index contributed by atoms with van der Waals surface area (Å²) in [4.78, 5) is 27.2. The van der Waals surface area contributed by atoms with Crippen molar-refractivity contribution < 1.29 is 14.7 Å². The van der Waals surface area contributed by atoms with Gasteiger partial charge in [0, 0.05) is 10.7 Å². The highest BCUT2D eigenvalue weighted by Gasteiger charge is 2.20. The Labute approximate surface area is 130 Å². The van der Waals surface area contributed by atoms with Gasteiger partial charge in [0.1, 0.15) is 5.69 Å². The number of amides is 1. The van der Waals surface area contributed by atoms with Crippen molar-refractivity contribution in [2.75, 3.05) is 0 Å². The first-order valence-corrected chi connectivity index (χ1v) is 7.03. The first kappa shape index (κ1) is 15.2. The van der Waals surface area contributed by atoms with Crippen LogP contribution in [-0.2, 0) is 0 Å². The molecule has 1 atom stereocenters. The molecule has 5 nitrogen and oxygen atoms in total. The Bertz CT molecular complexity index is 688. The molecule has 0 aliphatic heterocycles. The lowest BCUT2D eigenvalue weighted by atomic mass is 10.1. The number of rotatable bonds is 4. The third-order valence-electron chi connectivity index (χ3n) is 2.97. The van der Waals surface area contributed by atoms with E-state index < -0.39 is 11.9 Å². The third kappa shape index (κ3) is 3.46. The molecular formula is C15H13BrN2O3. The molecule has 0 aliphatic rings. The van der Waals surface area contributed by atoms with E-state index >= 15 is 0 Å². The van der Waals surface area contributed by atoms with Crippen molar-refractivity contribution in [2.45, 2.75) is 13.0 Å². The van der Waals surface area contributed by atoms with Crippen LogP contribution in [0.1, 0.15) is 39.4 Å². The molecule has 1 aromatic heterocycles. The number of nitrogens with one attached hydrogen (secondary N) is 1. The predicted octanol–water partition coefficient (Wildman–Crippen LogP) is 3.03. The fourth-order valence-corrected chi connectivity index (χ4v) is 2.56. The van der Waals surface area contributed by atoms with E-state index in [1.807, 2.05) is 31.2 Å². The van der Waals surface area contributed by atoms with Crippen LogP contribution in [0.25, 0.3) is 0 Å². The SMILES string of the molecule is CC(NC(=O)c1ncccc1C(=O)O)c1ccccc1Br. The number of aromatic carboxylic acids is 1. The van der Waals surface area contributed by atoms with Gasteiger partial charge in [-0.25, -0.2) is 4.79 Å². The van der Waals surface area contributed by atoms with Crippen molar-refractivity contribution in [3.05, 3.63) is 63.9 Å². The summed E-state index contributed by atoms with van der Waals surface area (Å²) >= 11 is 3.42. The molecule has 0 aliphatic carbocycles. The standard InChI is InChI=1S/C15H13BrN2O3/c1-9(10-5-2-3-7-12(10)16)18-14(19)13-11(15(20)21)6-4-8-17-13/h2-9H,1H3,(H,18,19)(H,20,21). The van der Waals surface area contributed by atoms with E-state index in [0.717, 1.165) is 10.0 Å². The third-order valence-corrected chi connectivity index (χ3v) is 3.69. The summed E-state index contributed by atoms with van der Waals surface area (Å²) in [7, 11) is 0. The van der Waals surface area contributed by atoms with Gasteiger partial charge in [0.25, 0.3) is 5.91 Å². The van der Waals surface area contributed by atoms with Gasteiger partial charge in [-0.15, -0.1) is 0 Å². The summed E-state index contributed by atoms with van der Waals surface area (Å²) < 4.78 is 0.872. The number of hydrogen-bond acceptors (Lipinski definition) is 3. The zero-order valence-electron chi connectivity index (χ0n) is 11.2.